The summed E-state index contributed by atoms with van der Waals surface area (Å²) in [6, 6.07) is 25.9. The van der Waals surface area contributed by atoms with E-state index in [1.54, 1.807) is 0 Å². The fourth-order valence-electron chi connectivity index (χ4n) is 5.94. The Bertz CT molecular complexity index is 1890. The number of amides is 1. The summed E-state index contributed by atoms with van der Waals surface area (Å²) < 4.78 is 7.95. The van der Waals surface area contributed by atoms with Gasteiger partial charge in [0.05, 0.1) is 17.3 Å². The molecule has 1 atom stereocenters. The molecule has 5 aromatic rings. The van der Waals surface area contributed by atoms with Gasteiger partial charge in [-0.15, -0.1) is 0 Å². The lowest BCUT2D eigenvalue weighted by Gasteiger charge is -2.20. The van der Waals surface area contributed by atoms with Crippen LogP contribution in [0, 0.1) is 13.8 Å². The zero-order valence-electron chi connectivity index (χ0n) is 27.0. The molecule has 230 valence electrons. The first-order valence-corrected chi connectivity index (χ1v) is 15.8. The highest BCUT2D eigenvalue weighted by atomic mass is 16.6. The summed E-state index contributed by atoms with van der Waals surface area (Å²) in [5.41, 5.74) is 9.21. The van der Waals surface area contributed by atoms with Crippen LogP contribution in [0.1, 0.15) is 101 Å². The number of pyridine rings is 1. The third-order valence-electron chi connectivity index (χ3n) is 8.70. The van der Waals surface area contributed by atoms with Crippen molar-refractivity contribution < 1.29 is 14.3 Å². The second-order valence-corrected chi connectivity index (χ2v) is 13.3. The Morgan fingerprint density at radius 1 is 0.978 bits per heavy atom. The molecule has 1 unspecified atom stereocenters. The van der Waals surface area contributed by atoms with Crippen LogP contribution in [0.4, 0.5) is 0 Å². The highest BCUT2D eigenvalue weighted by molar-refractivity contribution is 5.99. The van der Waals surface area contributed by atoms with Crippen molar-refractivity contribution in [2.24, 2.45) is 0 Å². The summed E-state index contributed by atoms with van der Waals surface area (Å²) in [5.74, 6) is 0.218. The van der Waals surface area contributed by atoms with Crippen LogP contribution >= 0.6 is 0 Å². The molecule has 0 bridgehead atoms. The fourth-order valence-corrected chi connectivity index (χ4v) is 5.94. The van der Waals surface area contributed by atoms with Crippen LogP contribution in [0.2, 0.25) is 0 Å². The Morgan fingerprint density at radius 2 is 1.71 bits per heavy atom. The number of aromatic nitrogens is 2. The summed E-state index contributed by atoms with van der Waals surface area (Å²) in [4.78, 5) is 30.7. The van der Waals surface area contributed by atoms with E-state index in [1.165, 1.54) is 18.4 Å². The molecule has 45 heavy (non-hydrogen) atoms. The van der Waals surface area contributed by atoms with Gasteiger partial charge in [0.1, 0.15) is 5.60 Å². The number of rotatable bonds is 8. The molecule has 2 heterocycles. The van der Waals surface area contributed by atoms with Gasteiger partial charge in [-0.3, -0.25) is 9.78 Å². The summed E-state index contributed by atoms with van der Waals surface area (Å²) in [7, 11) is 0. The normalized spacial score (nSPS) is 13.9. The van der Waals surface area contributed by atoms with Crippen molar-refractivity contribution in [3.63, 3.8) is 0 Å². The number of esters is 1. The molecule has 3 aromatic carbocycles. The van der Waals surface area contributed by atoms with Crippen LogP contribution < -0.4 is 5.32 Å². The van der Waals surface area contributed by atoms with Gasteiger partial charge in [-0.05, 0) is 125 Å². The predicted molar refractivity (Wildman–Crippen MR) is 180 cm³/mol. The van der Waals surface area contributed by atoms with Gasteiger partial charge in [-0.25, -0.2) is 4.79 Å². The Labute approximate surface area is 265 Å². The maximum Gasteiger partial charge on any atom is 0.339 e. The average Bonchev–Trinajstić information content (AvgIpc) is 3.85. The van der Waals surface area contributed by atoms with Crippen LogP contribution in [0.3, 0.4) is 0 Å². The number of carbonyl (C=O) groups excluding carboxylic acids is 2. The molecule has 1 aliphatic rings. The van der Waals surface area contributed by atoms with Crippen LogP contribution in [-0.4, -0.2) is 27.0 Å². The number of ether oxygens (including phenoxy) is 1. The standard InChI is InChI=1S/C39H41N3O3/c1-24-26(3)42(23-27-11-13-29(14-12-27)32-9-7-8-10-33(32)38(44)45-39(4,5)6)36-18-17-31(21-34(24)36)37(43)41-25(2)35-22-30(19-20-40-35)28-15-16-28/h7-14,17-22,25,28H,15-16,23H2,1-6H3,(H,41,43). The van der Waals surface area contributed by atoms with E-state index in [0.717, 1.165) is 44.5 Å². The van der Waals surface area contributed by atoms with Crippen molar-refractivity contribution in [3.05, 3.63) is 124 Å². The van der Waals surface area contributed by atoms with E-state index in [4.69, 9.17) is 4.74 Å². The van der Waals surface area contributed by atoms with Gasteiger partial charge in [-0.2, -0.15) is 0 Å². The first kappa shape index (κ1) is 30.3. The number of fused-ring (bicyclic) bond motifs is 1. The van der Waals surface area contributed by atoms with Gasteiger partial charge >= 0.3 is 5.97 Å². The van der Waals surface area contributed by atoms with Crippen molar-refractivity contribution in [2.45, 2.75) is 78.5 Å². The highest BCUT2D eigenvalue weighted by Crippen LogP contribution is 2.40. The van der Waals surface area contributed by atoms with Gasteiger partial charge in [0.15, 0.2) is 0 Å². The zero-order chi connectivity index (χ0) is 31.9. The van der Waals surface area contributed by atoms with Crippen molar-refractivity contribution in [1.82, 2.24) is 14.9 Å². The molecule has 6 nitrogen and oxygen atoms in total. The number of hydrogen-bond acceptors (Lipinski definition) is 4. The second-order valence-electron chi connectivity index (χ2n) is 13.3. The molecule has 6 rings (SSSR count). The SMILES string of the molecule is Cc1c(C)n(Cc2ccc(-c3ccccc3C(=O)OC(C)(C)C)cc2)c2ccc(C(=O)NC(C)c3cc(C4CC4)ccn3)cc12. The minimum atomic E-state index is -0.564. The molecule has 1 fully saturated rings. The number of carbonyl (C=O) groups is 2. The van der Waals surface area contributed by atoms with Crippen molar-refractivity contribution in [2.75, 3.05) is 0 Å². The summed E-state index contributed by atoms with van der Waals surface area (Å²) in [6.07, 6.45) is 4.32. The maximum absolute atomic E-state index is 13.3. The topological polar surface area (TPSA) is 73.2 Å². The lowest BCUT2D eigenvalue weighted by Crippen LogP contribution is -2.27. The van der Waals surface area contributed by atoms with E-state index in [-0.39, 0.29) is 17.9 Å². The smallest absolute Gasteiger partial charge is 0.339 e. The predicted octanol–water partition coefficient (Wildman–Crippen LogP) is 8.69. The van der Waals surface area contributed by atoms with Gasteiger partial charge in [-0.1, -0.05) is 42.5 Å². The first-order chi connectivity index (χ1) is 21.5. The molecule has 1 aliphatic carbocycles. The van der Waals surface area contributed by atoms with E-state index in [1.807, 2.05) is 76.4 Å². The van der Waals surface area contributed by atoms with E-state index in [9.17, 15) is 9.59 Å². The van der Waals surface area contributed by atoms with Crippen molar-refractivity contribution in [1.29, 1.82) is 0 Å². The van der Waals surface area contributed by atoms with Crippen LogP contribution in [0.5, 0.6) is 0 Å². The van der Waals surface area contributed by atoms with Crippen molar-refractivity contribution in [3.8, 4) is 11.1 Å². The third kappa shape index (κ3) is 6.56. The minimum Gasteiger partial charge on any atom is -0.456 e. The molecule has 0 saturated heterocycles. The van der Waals surface area contributed by atoms with Crippen LogP contribution in [0.15, 0.2) is 85.1 Å². The molecule has 0 spiro atoms. The zero-order valence-corrected chi connectivity index (χ0v) is 27.0. The summed E-state index contributed by atoms with van der Waals surface area (Å²) >= 11 is 0. The highest BCUT2D eigenvalue weighted by Gasteiger charge is 2.25. The largest absolute Gasteiger partial charge is 0.456 e. The summed E-state index contributed by atoms with van der Waals surface area (Å²) in [5, 5.41) is 4.22. The Kier molecular flexibility index (Phi) is 8.08. The second kappa shape index (κ2) is 12.0. The van der Waals surface area contributed by atoms with Crippen molar-refractivity contribution >= 4 is 22.8 Å². The van der Waals surface area contributed by atoms with E-state index in [0.29, 0.717) is 23.6 Å². The van der Waals surface area contributed by atoms with Gasteiger partial charge in [0.2, 0.25) is 0 Å². The molecule has 2 aromatic heterocycles. The van der Waals surface area contributed by atoms with Crippen LogP contribution in [-0.2, 0) is 11.3 Å². The van der Waals surface area contributed by atoms with E-state index in [2.05, 4.69) is 65.1 Å². The Morgan fingerprint density at radius 3 is 2.42 bits per heavy atom. The number of nitrogens with one attached hydrogen (secondary N) is 1. The Hall–Kier alpha value is -4.71. The molecule has 6 heteroatoms. The molecule has 1 saturated carbocycles. The lowest BCUT2D eigenvalue weighted by atomic mass is 9.98. The van der Waals surface area contributed by atoms with Crippen LogP contribution in [0.25, 0.3) is 22.0 Å². The maximum atomic E-state index is 13.3. The molecule has 0 radical (unpaired) electrons. The molecule has 0 aliphatic heterocycles. The number of nitrogens with zero attached hydrogens (tertiary/aromatic N) is 2. The fraction of sp³-hybridized carbons (Fsp3) is 0.308. The number of benzene rings is 3. The molecular weight excluding hydrogens is 558 g/mol. The first-order valence-electron chi connectivity index (χ1n) is 15.8. The van der Waals surface area contributed by atoms with E-state index >= 15 is 0 Å². The summed E-state index contributed by atoms with van der Waals surface area (Å²) in [6.45, 7) is 12.5. The Balaban J connectivity index is 1.20. The monoisotopic (exact) mass is 599 g/mol. The quantitative estimate of drug-likeness (QED) is 0.181. The number of aryl methyl sites for hydroxylation is 1. The average molecular weight is 600 g/mol. The lowest BCUT2D eigenvalue weighted by molar-refractivity contribution is 0.00703. The van der Waals surface area contributed by atoms with E-state index < -0.39 is 5.60 Å². The van der Waals surface area contributed by atoms with Gasteiger partial charge in [0, 0.05) is 34.9 Å². The molecular formula is C39H41N3O3. The van der Waals surface area contributed by atoms with Gasteiger partial charge < -0.3 is 14.6 Å². The number of hydrogen-bond donors (Lipinski definition) is 1. The molecule has 1 N–H and O–H groups in total. The third-order valence-corrected chi connectivity index (χ3v) is 8.70. The van der Waals surface area contributed by atoms with Gasteiger partial charge in [0.25, 0.3) is 5.91 Å². The minimum absolute atomic E-state index is 0.102. The molecule has 1 amide bonds.